The van der Waals surface area contributed by atoms with E-state index in [4.69, 9.17) is 0 Å². The van der Waals surface area contributed by atoms with E-state index in [1.165, 1.54) is 60.7 Å². The number of anilines is 1. The molecule has 1 N–H and O–H groups in total. The van der Waals surface area contributed by atoms with Crippen molar-refractivity contribution >= 4 is 21.6 Å². The van der Waals surface area contributed by atoms with Crippen LogP contribution in [0.25, 0.3) is 0 Å². The van der Waals surface area contributed by atoms with E-state index >= 15 is 0 Å². The SMILES string of the molecule is Brc1ccc2c(c1)C(CCC1CCCCC1)CN2. The summed E-state index contributed by atoms with van der Waals surface area (Å²) in [6.07, 6.45) is 10.2. The zero-order valence-electron chi connectivity index (χ0n) is 10.9. The highest BCUT2D eigenvalue weighted by atomic mass is 79.9. The first-order chi connectivity index (χ1) is 8.83. The van der Waals surface area contributed by atoms with Gasteiger partial charge in [0.1, 0.15) is 0 Å². The lowest BCUT2D eigenvalue weighted by molar-refractivity contribution is 0.325. The molecule has 1 unspecified atom stereocenters. The highest BCUT2D eigenvalue weighted by molar-refractivity contribution is 9.10. The van der Waals surface area contributed by atoms with Crippen LogP contribution in [0.1, 0.15) is 56.4 Å². The van der Waals surface area contributed by atoms with Crippen LogP contribution >= 0.6 is 15.9 Å². The van der Waals surface area contributed by atoms with Crippen molar-refractivity contribution in [2.45, 2.75) is 50.9 Å². The van der Waals surface area contributed by atoms with E-state index in [1.807, 2.05) is 0 Å². The number of fused-ring (bicyclic) bond motifs is 1. The maximum atomic E-state index is 3.59. The Kier molecular flexibility index (Phi) is 3.93. The van der Waals surface area contributed by atoms with Gasteiger partial charge in [0.2, 0.25) is 0 Å². The Bertz CT molecular complexity index is 410. The Morgan fingerprint density at radius 3 is 2.78 bits per heavy atom. The van der Waals surface area contributed by atoms with Gasteiger partial charge in [0.15, 0.2) is 0 Å². The molecule has 18 heavy (non-hydrogen) atoms. The Balaban J connectivity index is 1.60. The average Bonchev–Trinajstić information content (AvgIpc) is 2.80. The van der Waals surface area contributed by atoms with Crippen molar-refractivity contribution < 1.29 is 0 Å². The smallest absolute Gasteiger partial charge is 0.0377 e. The van der Waals surface area contributed by atoms with Crippen molar-refractivity contribution in [1.29, 1.82) is 0 Å². The quantitative estimate of drug-likeness (QED) is 0.797. The Morgan fingerprint density at radius 2 is 1.94 bits per heavy atom. The second kappa shape index (κ2) is 5.64. The van der Waals surface area contributed by atoms with E-state index < -0.39 is 0 Å². The summed E-state index contributed by atoms with van der Waals surface area (Å²) in [7, 11) is 0. The lowest BCUT2D eigenvalue weighted by Gasteiger charge is -2.22. The Labute approximate surface area is 118 Å². The van der Waals surface area contributed by atoms with Crippen LogP contribution in [0.3, 0.4) is 0 Å². The third-order valence-corrected chi connectivity index (χ3v) is 5.13. The minimum atomic E-state index is 0.736. The first-order valence-corrected chi connectivity index (χ1v) is 8.15. The Hall–Kier alpha value is -0.500. The van der Waals surface area contributed by atoms with E-state index in [1.54, 1.807) is 0 Å². The van der Waals surface area contributed by atoms with Gasteiger partial charge in [-0.15, -0.1) is 0 Å². The monoisotopic (exact) mass is 307 g/mol. The summed E-state index contributed by atoms with van der Waals surface area (Å²) in [6, 6.07) is 6.65. The third-order valence-electron chi connectivity index (χ3n) is 4.64. The van der Waals surface area contributed by atoms with Crippen LogP contribution in [0.15, 0.2) is 22.7 Å². The molecule has 1 fully saturated rings. The fourth-order valence-electron chi connectivity index (χ4n) is 3.55. The zero-order chi connectivity index (χ0) is 12.4. The van der Waals surface area contributed by atoms with Gasteiger partial charge in [-0.25, -0.2) is 0 Å². The molecular weight excluding hydrogens is 286 g/mol. The second-order valence-corrected chi connectivity index (χ2v) is 6.81. The van der Waals surface area contributed by atoms with Gasteiger partial charge in [-0.2, -0.15) is 0 Å². The number of rotatable bonds is 3. The van der Waals surface area contributed by atoms with Gasteiger partial charge < -0.3 is 5.32 Å². The number of benzene rings is 1. The molecule has 0 radical (unpaired) electrons. The van der Waals surface area contributed by atoms with Crippen molar-refractivity contribution in [3.05, 3.63) is 28.2 Å². The number of nitrogens with one attached hydrogen (secondary N) is 1. The first kappa shape index (κ1) is 12.5. The van der Waals surface area contributed by atoms with Crippen molar-refractivity contribution in [2.75, 3.05) is 11.9 Å². The van der Waals surface area contributed by atoms with Crippen molar-refractivity contribution in [3.63, 3.8) is 0 Å². The maximum Gasteiger partial charge on any atom is 0.0377 e. The van der Waals surface area contributed by atoms with Crippen molar-refractivity contribution in [3.8, 4) is 0 Å². The molecule has 1 nitrogen and oxygen atoms in total. The van der Waals surface area contributed by atoms with Crippen LogP contribution in [-0.4, -0.2) is 6.54 Å². The molecule has 1 aliphatic heterocycles. The van der Waals surface area contributed by atoms with Crippen LogP contribution in [0.5, 0.6) is 0 Å². The van der Waals surface area contributed by atoms with Crippen molar-refractivity contribution in [2.24, 2.45) is 5.92 Å². The summed E-state index contributed by atoms with van der Waals surface area (Å²) in [5, 5.41) is 3.54. The maximum absolute atomic E-state index is 3.59. The highest BCUT2D eigenvalue weighted by Gasteiger charge is 2.23. The van der Waals surface area contributed by atoms with Gasteiger partial charge in [0.25, 0.3) is 0 Å². The molecule has 2 aliphatic rings. The Morgan fingerprint density at radius 1 is 1.11 bits per heavy atom. The van der Waals surface area contributed by atoms with Gasteiger partial charge in [-0.3, -0.25) is 0 Å². The minimum absolute atomic E-state index is 0.736. The van der Waals surface area contributed by atoms with Gasteiger partial charge in [0.05, 0.1) is 0 Å². The number of hydrogen-bond donors (Lipinski definition) is 1. The number of halogens is 1. The predicted octanol–water partition coefficient (Wildman–Crippen LogP) is 5.32. The van der Waals surface area contributed by atoms with E-state index in [0.29, 0.717) is 0 Å². The fraction of sp³-hybridized carbons (Fsp3) is 0.625. The highest BCUT2D eigenvalue weighted by Crippen LogP contribution is 2.38. The van der Waals surface area contributed by atoms with Crippen LogP contribution in [0, 0.1) is 5.92 Å². The summed E-state index contributed by atoms with van der Waals surface area (Å²) in [5.74, 6) is 1.74. The molecule has 1 atom stereocenters. The molecular formula is C16H22BrN. The van der Waals surface area contributed by atoms with E-state index in [2.05, 4.69) is 39.4 Å². The molecule has 98 valence electrons. The molecule has 0 aromatic heterocycles. The minimum Gasteiger partial charge on any atom is -0.384 e. The topological polar surface area (TPSA) is 12.0 Å². The average molecular weight is 308 g/mol. The molecule has 1 heterocycles. The third kappa shape index (κ3) is 2.74. The summed E-state index contributed by atoms with van der Waals surface area (Å²) < 4.78 is 1.22. The molecule has 1 saturated carbocycles. The van der Waals surface area contributed by atoms with Crippen LogP contribution in [0.2, 0.25) is 0 Å². The number of hydrogen-bond acceptors (Lipinski definition) is 1. The predicted molar refractivity (Wildman–Crippen MR) is 81.2 cm³/mol. The lowest BCUT2D eigenvalue weighted by Crippen LogP contribution is -2.09. The summed E-state index contributed by atoms with van der Waals surface area (Å²) >= 11 is 3.59. The zero-order valence-corrected chi connectivity index (χ0v) is 12.5. The van der Waals surface area contributed by atoms with E-state index in [-0.39, 0.29) is 0 Å². The fourth-order valence-corrected chi connectivity index (χ4v) is 3.92. The lowest BCUT2D eigenvalue weighted by atomic mass is 9.83. The van der Waals surface area contributed by atoms with Crippen LogP contribution < -0.4 is 5.32 Å². The van der Waals surface area contributed by atoms with Crippen LogP contribution in [-0.2, 0) is 0 Å². The van der Waals surface area contributed by atoms with Gasteiger partial charge in [0, 0.05) is 22.6 Å². The standard InChI is InChI=1S/C16H22BrN/c17-14-8-9-16-15(10-14)13(11-18-16)7-6-12-4-2-1-3-5-12/h8-10,12-13,18H,1-7,11H2. The van der Waals surface area contributed by atoms with Crippen molar-refractivity contribution in [1.82, 2.24) is 0 Å². The molecule has 3 rings (SSSR count). The molecule has 1 aromatic carbocycles. The second-order valence-electron chi connectivity index (χ2n) is 5.89. The summed E-state index contributed by atoms with van der Waals surface area (Å²) in [5.41, 5.74) is 2.88. The molecule has 2 heteroatoms. The molecule has 0 spiro atoms. The van der Waals surface area contributed by atoms with E-state index in [9.17, 15) is 0 Å². The molecule has 1 aliphatic carbocycles. The van der Waals surface area contributed by atoms with E-state index in [0.717, 1.165) is 18.4 Å². The molecule has 0 amide bonds. The summed E-state index contributed by atoms with van der Waals surface area (Å²) in [4.78, 5) is 0. The first-order valence-electron chi connectivity index (χ1n) is 7.36. The normalized spacial score (nSPS) is 23.7. The van der Waals surface area contributed by atoms with Gasteiger partial charge in [-0.05, 0) is 42.5 Å². The van der Waals surface area contributed by atoms with Crippen LogP contribution in [0.4, 0.5) is 5.69 Å². The molecule has 0 saturated heterocycles. The summed E-state index contributed by atoms with van der Waals surface area (Å²) in [6.45, 7) is 1.14. The van der Waals surface area contributed by atoms with Gasteiger partial charge in [-0.1, -0.05) is 48.0 Å². The van der Waals surface area contributed by atoms with Gasteiger partial charge >= 0.3 is 0 Å². The molecule has 1 aromatic rings. The largest absolute Gasteiger partial charge is 0.384 e. The molecule has 0 bridgehead atoms.